The lowest BCUT2D eigenvalue weighted by atomic mass is 9.72. The van der Waals surface area contributed by atoms with Crippen molar-refractivity contribution < 1.29 is 8.42 Å². The van der Waals surface area contributed by atoms with Crippen molar-refractivity contribution in [1.82, 2.24) is 4.72 Å². The predicted octanol–water partition coefficient (Wildman–Crippen LogP) is 4.79. The van der Waals surface area contributed by atoms with Gasteiger partial charge in [-0.2, -0.15) is 0 Å². The Hall–Kier alpha value is -1.13. The minimum atomic E-state index is -3.17. The van der Waals surface area contributed by atoms with Crippen molar-refractivity contribution >= 4 is 15.6 Å². The standard InChI is InChI=1S/C21H33NO2S/c1-16(2)25(23,24)22-15-14-17-6-8-18(9-7-17)19-10-12-20(13-11-19)21(3,4)5/h6-10,16,20,22H,11-15H2,1-5H3. The van der Waals surface area contributed by atoms with E-state index in [0.29, 0.717) is 12.0 Å². The van der Waals surface area contributed by atoms with Gasteiger partial charge in [-0.3, -0.25) is 0 Å². The summed E-state index contributed by atoms with van der Waals surface area (Å²) in [5.74, 6) is 0.768. The van der Waals surface area contributed by atoms with Crippen molar-refractivity contribution in [3.8, 4) is 0 Å². The van der Waals surface area contributed by atoms with Gasteiger partial charge in [0.15, 0.2) is 0 Å². The van der Waals surface area contributed by atoms with Gasteiger partial charge in [0.25, 0.3) is 0 Å². The number of nitrogens with one attached hydrogen (secondary N) is 1. The molecule has 1 atom stereocenters. The molecule has 3 nitrogen and oxygen atoms in total. The van der Waals surface area contributed by atoms with Gasteiger partial charge in [0.1, 0.15) is 0 Å². The number of sulfonamides is 1. The molecule has 0 aromatic heterocycles. The van der Waals surface area contributed by atoms with Crippen LogP contribution in [0.4, 0.5) is 0 Å². The maximum absolute atomic E-state index is 11.8. The van der Waals surface area contributed by atoms with Crippen LogP contribution in [0.2, 0.25) is 0 Å². The minimum absolute atomic E-state index is 0.384. The second-order valence-electron chi connectivity index (χ2n) is 8.50. The first-order chi connectivity index (χ1) is 11.6. The van der Waals surface area contributed by atoms with Crippen molar-refractivity contribution in [1.29, 1.82) is 0 Å². The molecule has 0 fully saturated rings. The van der Waals surface area contributed by atoms with E-state index < -0.39 is 10.0 Å². The Balaban J connectivity index is 1.91. The molecule has 1 aliphatic rings. The van der Waals surface area contributed by atoms with Gasteiger partial charge in [-0.1, -0.05) is 51.1 Å². The van der Waals surface area contributed by atoms with E-state index in [1.165, 1.54) is 23.1 Å². The Kier molecular flexibility index (Phi) is 6.50. The van der Waals surface area contributed by atoms with Gasteiger partial charge in [-0.05, 0) is 67.6 Å². The maximum atomic E-state index is 11.8. The van der Waals surface area contributed by atoms with Gasteiger partial charge in [-0.25, -0.2) is 13.1 Å². The largest absolute Gasteiger partial charge is 0.215 e. The normalized spacial score (nSPS) is 19.1. The van der Waals surface area contributed by atoms with E-state index in [0.717, 1.165) is 25.2 Å². The molecule has 0 amide bonds. The van der Waals surface area contributed by atoms with Crippen LogP contribution in [0.25, 0.3) is 5.57 Å². The van der Waals surface area contributed by atoms with Crippen LogP contribution >= 0.6 is 0 Å². The van der Waals surface area contributed by atoms with Crippen molar-refractivity contribution in [3.05, 3.63) is 41.5 Å². The topological polar surface area (TPSA) is 46.2 Å². The SMILES string of the molecule is CC(C)S(=O)(=O)NCCc1ccc(C2=CCC(C(C)(C)C)CC2)cc1. The fourth-order valence-corrected chi connectivity index (χ4v) is 3.99. The maximum Gasteiger partial charge on any atom is 0.213 e. The number of rotatable bonds is 6. The molecule has 1 aromatic carbocycles. The smallest absolute Gasteiger partial charge is 0.213 e. The average Bonchev–Trinajstić information content (AvgIpc) is 2.54. The molecule has 0 radical (unpaired) electrons. The van der Waals surface area contributed by atoms with Crippen LogP contribution < -0.4 is 4.72 Å². The minimum Gasteiger partial charge on any atom is -0.215 e. The number of hydrogen-bond acceptors (Lipinski definition) is 2. The molecule has 25 heavy (non-hydrogen) atoms. The monoisotopic (exact) mass is 363 g/mol. The van der Waals surface area contributed by atoms with Gasteiger partial charge in [-0.15, -0.1) is 0 Å². The summed E-state index contributed by atoms with van der Waals surface area (Å²) < 4.78 is 26.2. The Morgan fingerprint density at radius 2 is 1.80 bits per heavy atom. The third-order valence-corrected chi connectivity index (χ3v) is 7.15. The fraction of sp³-hybridized carbons (Fsp3) is 0.619. The fourth-order valence-electron chi connectivity index (χ4n) is 3.27. The summed E-state index contributed by atoms with van der Waals surface area (Å²) in [5, 5.41) is -0.384. The molecule has 2 rings (SSSR count). The second-order valence-corrected chi connectivity index (χ2v) is 10.8. The molecule has 0 saturated carbocycles. The Labute approximate surface area is 154 Å². The van der Waals surface area contributed by atoms with Crippen LogP contribution in [0.15, 0.2) is 30.3 Å². The van der Waals surface area contributed by atoms with Gasteiger partial charge >= 0.3 is 0 Å². The molecule has 1 aliphatic carbocycles. The van der Waals surface area contributed by atoms with Gasteiger partial charge in [0.05, 0.1) is 5.25 Å². The third-order valence-electron chi connectivity index (χ3n) is 5.30. The lowest BCUT2D eigenvalue weighted by molar-refractivity contribution is 0.225. The molecule has 4 heteroatoms. The molecular weight excluding hydrogens is 330 g/mol. The van der Waals surface area contributed by atoms with Crippen LogP contribution in [0, 0.1) is 11.3 Å². The first-order valence-electron chi connectivity index (χ1n) is 9.36. The summed E-state index contributed by atoms with van der Waals surface area (Å²) in [7, 11) is -3.17. The zero-order valence-electron chi connectivity index (χ0n) is 16.3. The van der Waals surface area contributed by atoms with E-state index in [4.69, 9.17) is 0 Å². The molecular formula is C21H33NO2S. The lowest BCUT2D eigenvalue weighted by Crippen LogP contribution is -2.32. The highest BCUT2D eigenvalue weighted by atomic mass is 32.2. The van der Waals surface area contributed by atoms with E-state index in [9.17, 15) is 8.42 Å². The zero-order valence-corrected chi connectivity index (χ0v) is 17.1. The van der Waals surface area contributed by atoms with Crippen molar-refractivity contribution in [2.45, 2.75) is 65.6 Å². The Morgan fingerprint density at radius 1 is 1.16 bits per heavy atom. The van der Waals surface area contributed by atoms with Gasteiger partial charge in [0, 0.05) is 6.54 Å². The number of benzene rings is 1. The van der Waals surface area contributed by atoms with E-state index in [-0.39, 0.29) is 5.25 Å². The Morgan fingerprint density at radius 3 is 2.28 bits per heavy atom. The highest BCUT2D eigenvalue weighted by Crippen LogP contribution is 2.39. The third kappa shape index (κ3) is 5.68. The highest BCUT2D eigenvalue weighted by Gasteiger charge is 2.26. The zero-order chi connectivity index (χ0) is 18.7. The van der Waals surface area contributed by atoms with Crippen LogP contribution in [0.3, 0.4) is 0 Å². The first-order valence-corrected chi connectivity index (χ1v) is 10.9. The first kappa shape index (κ1) is 20.2. The van der Waals surface area contributed by atoms with Crippen LogP contribution in [-0.4, -0.2) is 20.2 Å². The molecule has 0 heterocycles. The van der Waals surface area contributed by atoms with Crippen molar-refractivity contribution in [2.24, 2.45) is 11.3 Å². The molecule has 1 unspecified atom stereocenters. The average molecular weight is 364 g/mol. The van der Waals surface area contributed by atoms with Gasteiger partial charge in [0.2, 0.25) is 10.0 Å². The number of hydrogen-bond donors (Lipinski definition) is 1. The number of allylic oxidation sites excluding steroid dienone is 2. The van der Waals surface area contributed by atoms with E-state index in [2.05, 4.69) is 55.8 Å². The van der Waals surface area contributed by atoms with Crippen molar-refractivity contribution in [2.75, 3.05) is 6.54 Å². The van der Waals surface area contributed by atoms with Crippen LogP contribution in [-0.2, 0) is 16.4 Å². The molecule has 0 bridgehead atoms. The van der Waals surface area contributed by atoms with E-state index >= 15 is 0 Å². The quantitative estimate of drug-likeness (QED) is 0.790. The summed E-state index contributed by atoms with van der Waals surface area (Å²) in [4.78, 5) is 0. The molecule has 1 aromatic rings. The summed E-state index contributed by atoms with van der Waals surface area (Å²) in [6, 6.07) is 8.59. The molecule has 140 valence electrons. The van der Waals surface area contributed by atoms with Crippen LogP contribution in [0.1, 0.15) is 65.0 Å². The summed E-state index contributed by atoms with van der Waals surface area (Å²) in [6.45, 7) is 10.8. The van der Waals surface area contributed by atoms with Crippen molar-refractivity contribution in [3.63, 3.8) is 0 Å². The van der Waals surface area contributed by atoms with Gasteiger partial charge < -0.3 is 0 Å². The van der Waals surface area contributed by atoms with Crippen LogP contribution in [0.5, 0.6) is 0 Å². The highest BCUT2D eigenvalue weighted by molar-refractivity contribution is 7.90. The van der Waals surface area contributed by atoms with E-state index in [1.54, 1.807) is 13.8 Å². The van der Waals surface area contributed by atoms with E-state index in [1.807, 2.05) is 0 Å². The molecule has 0 saturated heterocycles. The summed E-state index contributed by atoms with van der Waals surface area (Å²) in [6.07, 6.45) is 6.70. The molecule has 0 spiro atoms. The lowest BCUT2D eigenvalue weighted by Gasteiger charge is -2.33. The molecule has 0 aliphatic heterocycles. The Bertz CT molecular complexity index is 694. The second kappa shape index (κ2) is 8.05. The summed E-state index contributed by atoms with van der Waals surface area (Å²) >= 11 is 0. The predicted molar refractivity (Wildman–Crippen MR) is 107 cm³/mol. The molecule has 1 N–H and O–H groups in total. The summed E-state index contributed by atoms with van der Waals surface area (Å²) in [5.41, 5.74) is 4.31.